The van der Waals surface area contributed by atoms with Crippen molar-refractivity contribution >= 4 is 132 Å². The number of benzene rings is 7. The van der Waals surface area contributed by atoms with Crippen molar-refractivity contribution < 1.29 is 92.6 Å². The van der Waals surface area contributed by atoms with Crippen molar-refractivity contribution in [2.75, 3.05) is 19.6 Å². The van der Waals surface area contributed by atoms with Gasteiger partial charge in [-0.25, -0.2) is 40.0 Å². The number of aryl methyl sites for hydroxylation is 5. The number of nitrogens with two attached hydrogens (primary N) is 3. The van der Waals surface area contributed by atoms with Crippen LogP contribution in [0, 0.1) is 56.8 Å². The van der Waals surface area contributed by atoms with Gasteiger partial charge < -0.3 is 75.6 Å². The van der Waals surface area contributed by atoms with Crippen molar-refractivity contribution in [1.29, 1.82) is 0 Å². The molecule has 3 fully saturated rings. The predicted octanol–water partition coefficient (Wildman–Crippen LogP) is 17.3. The molecule has 5 aromatic heterocycles. The van der Waals surface area contributed by atoms with Crippen molar-refractivity contribution in [3.05, 3.63) is 248 Å². The van der Waals surface area contributed by atoms with Crippen LogP contribution in [-0.2, 0) is 42.7 Å². The quantitative estimate of drug-likeness (QED) is 0.0264. The number of aliphatic hydroxyl groups excluding tert-OH is 3. The van der Waals surface area contributed by atoms with Crippen LogP contribution in [0.25, 0.3) is 41.8 Å². The Morgan fingerprint density at radius 2 is 0.810 bits per heavy atom. The summed E-state index contributed by atoms with van der Waals surface area (Å²) in [6.45, 7) is 33.8. The van der Waals surface area contributed by atoms with E-state index in [1.807, 2.05) is 202 Å². The summed E-state index contributed by atoms with van der Waals surface area (Å²) < 4.78 is 23.6. The molecular weight excluding hydrogens is 2000 g/mol. The second kappa shape index (κ2) is 54.1. The number of aliphatic hydroxyl groups is 3. The standard InChI is InChI=1S/C22H29N3O4S.C21H28N4O4S.C16H28N2O6.C12H12NO2P.C10H10N2OS.C10H9NOS.C6H5BrO.C4H5NS.CH4/c1-13(22(3,4)5)21(28)25-11-16(26)10-18(25)20(27)24-29-17-8-6-15(7-9-17)19-14(2)23-12-30-19;1-12-17(30-11-23-12)13-5-7-15(8-6-13)29-24-19(27)16-9-14(26)10-25(16)20(28)18(22)21(2,3)4;1-15(2,3)11(17-14(23)24-16(4,5)6)12(20)18-8-9(19)7-10(18)13(21)22;13-15-16(14,11-7-3-1-4-8-11)12-9-5-2-6-10-12;1-7-10(14-6-12-7)8-2-4-9(13-11)5-3-8;1-7-10(13-6-11-7)8-2-4-9(12)5-3-8;7-5-1-3-6(8)4-2-5;1-4-2-6-3-5-4;/h6-9,12-13,16,18,26H,10-11H2,1-5H3,(H,24,27);5-8,11,14,16,18,26H,9-10,22H2,1-4H3,(H,24,27);9-11,19H,7-8H2,1-6H3,(H,17,23)(H,21,22);1-10H,13H2;2-6H,11H2,1H3;2-6,12H,1H3;1-4,8H;2-3H,1H3;1H4/t13?,16-,18+;14-,16+,18-;9-,10?,11-;;;;;;/m111....../s1. The number of hydroxylamine groups is 2. The fourth-order valence-electron chi connectivity index (χ4n) is 13.9. The number of carbonyl (C=O) groups excluding carboxylic acids is 6. The molecule has 15 rings (SSSR count). The number of aliphatic carboxylic acids is 1. The second-order valence-corrected chi connectivity index (χ2v) is 44.7. The monoisotopic (exact) mass is 2120 g/mol. The number of halogens is 1. The van der Waals surface area contributed by atoms with Gasteiger partial charge in [-0.2, -0.15) is 16.9 Å². The van der Waals surface area contributed by atoms with Gasteiger partial charge in [0.05, 0.1) is 94.2 Å². The number of nitrogens with one attached hydrogen (secondary N) is 3. The molecule has 3 saturated heterocycles. The van der Waals surface area contributed by atoms with Crippen LogP contribution in [0.1, 0.15) is 145 Å². The number of aromatic hydroxyl groups is 2. The first-order valence-electron chi connectivity index (χ1n) is 44.7. The fourth-order valence-corrected chi connectivity index (χ4v) is 19.6. The molecule has 2 unspecified atom stereocenters. The molecule has 3 aliphatic heterocycles. The second-order valence-electron chi connectivity index (χ2n) is 37.3. The number of carbonyl (C=O) groups is 7. The van der Waals surface area contributed by atoms with Gasteiger partial charge in [0.1, 0.15) is 47.0 Å². The minimum atomic E-state index is -3.13. The Labute approximate surface area is 857 Å². The molecule has 8 heterocycles. The predicted molar refractivity (Wildman–Crippen MR) is 562 cm³/mol. The molecule has 764 valence electrons. The molecule has 142 heavy (non-hydrogen) atoms. The van der Waals surface area contributed by atoms with Gasteiger partial charge in [-0.15, -0.1) is 56.7 Å². The van der Waals surface area contributed by atoms with E-state index in [2.05, 4.69) is 62.0 Å². The normalized spacial score (nSPS) is 16.5. The van der Waals surface area contributed by atoms with Gasteiger partial charge in [0, 0.05) is 71.0 Å². The maximum Gasteiger partial charge on any atom is 0.408 e. The molecule has 0 aliphatic carbocycles. The minimum absolute atomic E-state index is 0. The first-order valence-corrected chi connectivity index (χ1v) is 51.6. The first kappa shape index (κ1) is 117. The van der Waals surface area contributed by atoms with Crippen LogP contribution in [0.15, 0.2) is 219 Å². The van der Waals surface area contributed by atoms with Crippen LogP contribution in [0.4, 0.5) is 4.79 Å². The molecule has 0 saturated carbocycles. The van der Waals surface area contributed by atoms with Crippen LogP contribution >= 0.6 is 80.0 Å². The number of carboxylic acids is 1. The number of likely N-dealkylation sites (tertiary alicyclic amines) is 3. The maximum absolute atomic E-state index is 12.9. The Morgan fingerprint density at radius 3 is 1.10 bits per heavy atom. The summed E-state index contributed by atoms with van der Waals surface area (Å²) in [4.78, 5) is 132. The van der Waals surface area contributed by atoms with Gasteiger partial charge in [-0.1, -0.05) is 129 Å². The maximum atomic E-state index is 12.9. The molecule has 6 amide bonds. The van der Waals surface area contributed by atoms with E-state index in [4.69, 9.17) is 46.8 Å². The van der Waals surface area contributed by atoms with Gasteiger partial charge in [-0.3, -0.25) is 33.5 Å². The Bertz CT molecular complexity index is 5810. The third kappa shape index (κ3) is 35.1. The van der Waals surface area contributed by atoms with Crippen molar-refractivity contribution in [2.24, 2.45) is 39.7 Å². The lowest BCUT2D eigenvalue weighted by molar-refractivity contribution is -0.150. The van der Waals surface area contributed by atoms with Gasteiger partial charge in [0.2, 0.25) is 17.7 Å². The van der Waals surface area contributed by atoms with Crippen LogP contribution in [0.2, 0.25) is 0 Å². The highest BCUT2D eigenvalue weighted by atomic mass is 79.9. The lowest BCUT2D eigenvalue weighted by Gasteiger charge is -2.35. The van der Waals surface area contributed by atoms with Crippen LogP contribution in [0.3, 0.4) is 0 Å². The summed E-state index contributed by atoms with van der Waals surface area (Å²) in [6.07, 6.45) is -2.83. The number of aromatic nitrogens is 5. The van der Waals surface area contributed by atoms with E-state index < -0.39 is 102 Å². The smallest absolute Gasteiger partial charge is 0.408 e. The first-order chi connectivity index (χ1) is 66.4. The van der Waals surface area contributed by atoms with Gasteiger partial charge >= 0.3 is 12.1 Å². The zero-order chi connectivity index (χ0) is 104. The topological polar surface area (TPSA) is 492 Å². The van der Waals surface area contributed by atoms with E-state index in [9.17, 15) is 58.6 Å². The molecule has 9 atom stereocenters. The minimum Gasteiger partial charge on any atom is -0.508 e. The number of alkyl carbamates (subject to hydrolysis) is 1. The zero-order valence-corrected chi connectivity index (χ0v) is 88.5. The highest BCUT2D eigenvalue weighted by molar-refractivity contribution is 9.10. The molecular formula is C102H130BrN14O19PS5. The number of phenols is 2. The van der Waals surface area contributed by atoms with Gasteiger partial charge in [-0.05, 0) is 239 Å². The molecule has 0 spiro atoms. The van der Waals surface area contributed by atoms with E-state index >= 15 is 0 Å². The van der Waals surface area contributed by atoms with E-state index in [1.165, 1.54) is 19.6 Å². The number of ether oxygens (including phenoxy) is 1. The van der Waals surface area contributed by atoms with Crippen LogP contribution < -0.4 is 58.9 Å². The summed E-state index contributed by atoms with van der Waals surface area (Å²) in [5.74, 6) is 9.01. The number of β-amino-alcohol motifs (C(OH)–C–C–N with tert-alkyl or cyclic N) is 3. The highest BCUT2D eigenvalue weighted by Gasteiger charge is 2.47. The number of hydrogen-bond donors (Lipinski definition) is 12. The lowest BCUT2D eigenvalue weighted by Crippen LogP contribution is -2.57. The van der Waals surface area contributed by atoms with E-state index in [0.29, 0.717) is 39.4 Å². The number of thiazole rings is 5. The SMILES string of the molecule is C.CC(C)(C)OC(=O)N[C@H](C(=O)N1C[C@H](O)CC1C(=O)O)C(C)(C)C.Cc1cscn1.Cc1ncsc1-c1ccc(O)cc1.Cc1ncsc1-c1ccc(ON)cc1.Cc1ncsc1-c1ccc(ONC(=O)[C@@H]2C[C@@H](O)CN2C(=O)C(C)C(C)(C)C)cc1.Cc1ncsc1-c1ccc(ONC(=O)[C@@H]2C[C@@H](O)CN2C(=O)[C@@H](N)C(C)(C)C)cc1.NOP(=O)(c1ccccc1)c1ccccc1.Oc1ccc(Br)cc1. The summed E-state index contributed by atoms with van der Waals surface area (Å²) in [5, 5.41) is 62.7. The average Bonchev–Trinajstić information content (AvgIpc) is 1.35. The third-order valence-electron chi connectivity index (χ3n) is 22.1. The summed E-state index contributed by atoms with van der Waals surface area (Å²) in [7, 11) is -3.13. The van der Waals surface area contributed by atoms with E-state index in [-0.39, 0.29) is 69.5 Å². The zero-order valence-electron chi connectivity index (χ0n) is 81.9. The van der Waals surface area contributed by atoms with Crippen molar-refractivity contribution in [1.82, 2.24) is 55.9 Å². The summed E-state index contributed by atoms with van der Waals surface area (Å²) >= 11 is 11.2. The van der Waals surface area contributed by atoms with Crippen LogP contribution in [0.5, 0.6) is 28.7 Å². The third-order valence-corrected chi connectivity index (χ3v) is 29.5. The van der Waals surface area contributed by atoms with E-state index in [0.717, 1.165) is 69.9 Å². The molecule has 33 nitrogen and oxygen atoms in total. The number of nitrogens with zero attached hydrogens (tertiary/aromatic N) is 8. The Hall–Kier alpha value is -11.8. The molecule has 12 aromatic rings. The lowest BCUT2D eigenvalue weighted by atomic mass is 9.81. The number of hydrogen-bond acceptors (Lipinski definition) is 31. The largest absolute Gasteiger partial charge is 0.508 e. The molecule has 3 aliphatic rings. The van der Waals surface area contributed by atoms with Crippen LogP contribution in [-0.4, -0.2) is 186 Å². The van der Waals surface area contributed by atoms with E-state index in [1.54, 1.807) is 194 Å². The Balaban J connectivity index is 0.000000229. The van der Waals surface area contributed by atoms with Crippen molar-refractivity contribution in [3.63, 3.8) is 0 Å². The molecule has 15 N–H and O–H groups in total. The number of phenolic OH excluding ortho intramolecular Hbond substituents is 2. The summed E-state index contributed by atoms with van der Waals surface area (Å²) in [5.41, 5.74) is 27.4. The van der Waals surface area contributed by atoms with Gasteiger partial charge in [0.25, 0.3) is 19.2 Å². The number of amides is 6. The number of carboxylic acid groups (broad SMARTS) is 1. The molecule has 7 aromatic carbocycles. The molecule has 40 heteroatoms. The Morgan fingerprint density at radius 1 is 0.465 bits per heavy atom. The van der Waals surface area contributed by atoms with Crippen molar-refractivity contribution in [3.8, 4) is 70.5 Å². The molecule has 0 bridgehead atoms. The molecule has 0 radical (unpaired) electrons. The summed E-state index contributed by atoms with van der Waals surface area (Å²) in [6, 6.07) is 49.8. The number of rotatable bonds is 19. The Kier molecular flexibility index (Phi) is 44.6. The highest BCUT2D eigenvalue weighted by Crippen LogP contribution is 2.43. The fraction of sp³-hybridized carbons (Fsp3) is 0.373. The van der Waals surface area contributed by atoms with Gasteiger partial charge in [0.15, 0.2) is 11.5 Å². The average molecular weight is 2130 g/mol. The van der Waals surface area contributed by atoms with Crippen molar-refractivity contribution in [2.45, 2.75) is 205 Å².